The summed E-state index contributed by atoms with van der Waals surface area (Å²) in [6, 6.07) is 5.81. The number of hydrogen-bond acceptors (Lipinski definition) is 5. The van der Waals surface area contributed by atoms with Crippen molar-refractivity contribution in [3.05, 3.63) is 29.3 Å². The minimum atomic E-state index is -0.500. The van der Waals surface area contributed by atoms with Crippen LogP contribution < -0.4 is 10.2 Å². The van der Waals surface area contributed by atoms with E-state index in [1.54, 1.807) is 6.08 Å². The average Bonchev–Trinajstić information content (AvgIpc) is 2.52. The van der Waals surface area contributed by atoms with Gasteiger partial charge in [0.25, 0.3) is 0 Å². The third-order valence-corrected chi connectivity index (χ3v) is 3.99. The Morgan fingerprint density at radius 2 is 2.15 bits per heavy atom. The van der Waals surface area contributed by atoms with E-state index >= 15 is 0 Å². The maximum atomic E-state index is 12.0. The van der Waals surface area contributed by atoms with Crippen LogP contribution in [-0.2, 0) is 4.74 Å². The number of aromatic nitrogens is 1. The van der Waals surface area contributed by atoms with Gasteiger partial charge in [-0.25, -0.2) is 14.8 Å². The third-order valence-electron chi connectivity index (χ3n) is 3.88. The van der Waals surface area contributed by atoms with Crippen molar-refractivity contribution in [2.24, 2.45) is 4.99 Å². The van der Waals surface area contributed by atoms with Gasteiger partial charge in [-0.05, 0) is 65.7 Å². The van der Waals surface area contributed by atoms with Crippen molar-refractivity contribution in [2.75, 3.05) is 18.0 Å². The highest BCUT2D eigenvalue weighted by molar-refractivity contribution is 6.30. The molecule has 1 unspecified atom stereocenters. The number of halogens is 1. The molecule has 2 rings (SSSR count). The van der Waals surface area contributed by atoms with E-state index < -0.39 is 5.60 Å². The minimum absolute atomic E-state index is 0.0334. The van der Waals surface area contributed by atoms with Crippen LogP contribution >= 0.6 is 11.6 Å². The molecule has 1 aromatic heterocycles. The molecule has 0 aromatic carbocycles. The maximum Gasteiger partial charge on any atom is 0.407 e. The predicted octanol–water partition coefficient (Wildman–Crippen LogP) is 4.81. The van der Waals surface area contributed by atoms with Gasteiger partial charge in [-0.3, -0.25) is 0 Å². The molecule has 0 bridgehead atoms. The highest BCUT2D eigenvalue weighted by Gasteiger charge is 2.24. The second kappa shape index (κ2) is 9.22. The fourth-order valence-electron chi connectivity index (χ4n) is 2.93. The first-order valence-electron chi connectivity index (χ1n) is 9.23. The number of amides is 1. The molecule has 1 aliphatic heterocycles. The summed E-state index contributed by atoms with van der Waals surface area (Å²) < 4.78 is 5.36. The molecule has 1 aromatic rings. The second-order valence-corrected chi connectivity index (χ2v) is 8.37. The Morgan fingerprint density at radius 3 is 2.81 bits per heavy atom. The molecule has 0 aliphatic carbocycles. The number of piperidine rings is 1. The number of pyridine rings is 1. The van der Waals surface area contributed by atoms with Crippen molar-refractivity contribution < 1.29 is 9.53 Å². The predicted molar refractivity (Wildman–Crippen MR) is 111 cm³/mol. The van der Waals surface area contributed by atoms with Gasteiger partial charge >= 0.3 is 6.09 Å². The van der Waals surface area contributed by atoms with Gasteiger partial charge in [-0.15, -0.1) is 0 Å². The molecule has 1 N–H and O–H groups in total. The lowest BCUT2D eigenvalue weighted by atomic mass is 10.1. The zero-order valence-electron chi connectivity index (χ0n) is 16.8. The topological polar surface area (TPSA) is 66.8 Å². The quantitative estimate of drug-likeness (QED) is 0.746. The molecule has 6 nitrogen and oxygen atoms in total. The summed E-state index contributed by atoms with van der Waals surface area (Å²) in [6.07, 6.45) is 3.33. The monoisotopic (exact) mass is 392 g/mol. The van der Waals surface area contributed by atoms with Crippen LogP contribution in [0.2, 0.25) is 0 Å². The number of nitrogens with one attached hydrogen (secondary N) is 1. The van der Waals surface area contributed by atoms with E-state index in [1.807, 2.05) is 52.8 Å². The van der Waals surface area contributed by atoms with E-state index in [-0.39, 0.29) is 12.1 Å². The van der Waals surface area contributed by atoms with Crippen LogP contribution in [0.25, 0.3) is 0 Å². The van der Waals surface area contributed by atoms with Crippen molar-refractivity contribution in [1.82, 2.24) is 10.3 Å². The molecule has 1 fully saturated rings. The Labute approximate surface area is 166 Å². The molecule has 0 saturated carbocycles. The van der Waals surface area contributed by atoms with E-state index in [0.29, 0.717) is 17.4 Å². The third kappa shape index (κ3) is 7.59. The Hall–Kier alpha value is -2.08. The number of anilines is 1. The molecule has 1 aliphatic rings. The lowest BCUT2D eigenvalue weighted by Gasteiger charge is -2.34. The first-order chi connectivity index (χ1) is 12.6. The first kappa shape index (κ1) is 21.2. The smallest absolute Gasteiger partial charge is 0.407 e. The number of ether oxygens (including phenoxy) is 1. The van der Waals surface area contributed by atoms with E-state index in [2.05, 4.69) is 20.2 Å². The summed E-state index contributed by atoms with van der Waals surface area (Å²) in [5.74, 6) is 1.49. The van der Waals surface area contributed by atoms with Gasteiger partial charge in [-0.2, -0.15) is 0 Å². The number of nitrogens with zero attached hydrogens (tertiary/aromatic N) is 3. The number of allylic oxidation sites excluding steroid dienone is 2. The molecular weight excluding hydrogens is 364 g/mol. The van der Waals surface area contributed by atoms with E-state index in [9.17, 15) is 4.79 Å². The maximum absolute atomic E-state index is 12.0. The van der Waals surface area contributed by atoms with Crippen LogP contribution in [0.4, 0.5) is 16.4 Å². The lowest BCUT2D eigenvalue weighted by molar-refractivity contribution is 0.0500. The van der Waals surface area contributed by atoms with Gasteiger partial charge in [0.1, 0.15) is 11.4 Å². The van der Waals surface area contributed by atoms with Crippen molar-refractivity contribution in [2.45, 2.75) is 59.1 Å². The van der Waals surface area contributed by atoms with Crippen molar-refractivity contribution in [1.29, 1.82) is 0 Å². The highest BCUT2D eigenvalue weighted by atomic mass is 35.5. The van der Waals surface area contributed by atoms with Crippen LogP contribution in [0.5, 0.6) is 0 Å². The zero-order valence-corrected chi connectivity index (χ0v) is 17.5. The largest absolute Gasteiger partial charge is 0.444 e. The Morgan fingerprint density at radius 1 is 1.41 bits per heavy atom. The summed E-state index contributed by atoms with van der Waals surface area (Å²) >= 11 is 5.90. The van der Waals surface area contributed by atoms with Gasteiger partial charge in [0.15, 0.2) is 5.82 Å². The number of carbonyl (C=O) groups excluding carboxylic acids is 1. The highest BCUT2D eigenvalue weighted by Crippen LogP contribution is 2.21. The van der Waals surface area contributed by atoms with Gasteiger partial charge < -0.3 is 15.0 Å². The van der Waals surface area contributed by atoms with Gasteiger partial charge in [0.05, 0.1) is 0 Å². The lowest BCUT2D eigenvalue weighted by Crippen LogP contribution is -2.49. The average molecular weight is 393 g/mol. The zero-order chi connectivity index (χ0) is 20.0. The summed E-state index contributed by atoms with van der Waals surface area (Å²) in [6.45, 7) is 10.9. The molecule has 2 heterocycles. The van der Waals surface area contributed by atoms with E-state index in [1.165, 1.54) is 0 Å². The first-order valence-corrected chi connectivity index (χ1v) is 9.61. The number of carbonyl (C=O) groups is 1. The molecule has 148 valence electrons. The standard InChI is InChI=1S/C20H29ClN4O2/c1-14(21)12-15(2)22-17-9-6-10-18(24-17)25-11-7-8-16(13-25)23-19(26)27-20(3,4)5/h6,9-10,12,16H,7-8,11,13H2,1-5H3,(H,23,26)/b14-12+,22-15?. The van der Waals surface area contributed by atoms with E-state index in [4.69, 9.17) is 16.3 Å². The Kier molecular flexibility index (Phi) is 7.25. The fraction of sp³-hybridized carbons (Fsp3) is 0.550. The number of rotatable bonds is 4. The van der Waals surface area contributed by atoms with Gasteiger partial charge in [0.2, 0.25) is 0 Å². The normalized spacial score (nSPS) is 19.0. The number of hydrogen-bond donors (Lipinski definition) is 1. The molecule has 1 amide bonds. The van der Waals surface area contributed by atoms with Crippen molar-refractivity contribution >= 4 is 35.0 Å². The Bertz CT molecular complexity index is 721. The summed E-state index contributed by atoms with van der Waals surface area (Å²) in [5, 5.41) is 3.64. The Balaban J connectivity index is 2.04. The molecule has 0 spiro atoms. The summed E-state index contributed by atoms with van der Waals surface area (Å²) in [4.78, 5) is 23.3. The second-order valence-electron chi connectivity index (χ2n) is 7.77. The molecule has 27 heavy (non-hydrogen) atoms. The molecule has 1 atom stereocenters. The van der Waals surface area contributed by atoms with Crippen LogP contribution in [0, 0.1) is 0 Å². The van der Waals surface area contributed by atoms with Crippen LogP contribution in [0.3, 0.4) is 0 Å². The molecule has 0 radical (unpaired) electrons. The van der Waals surface area contributed by atoms with E-state index in [0.717, 1.165) is 30.9 Å². The summed E-state index contributed by atoms with van der Waals surface area (Å²) in [5.41, 5.74) is 0.301. The number of aliphatic imine (C=N–C) groups is 1. The van der Waals surface area contributed by atoms with Crippen molar-refractivity contribution in [3.8, 4) is 0 Å². The fourth-order valence-corrected chi connectivity index (χ4v) is 3.09. The van der Waals surface area contributed by atoms with Gasteiger partial charge in [0, 0.05) is 29.9 Å². The van der Waals surface area contributed by atoms with Crippen LogP contribution in [-0.4, -0.2) is 41.5 Å². The molecule has 7 heteroatoms. The SMILES string of the molecule is CC(/C=C(\C)Cl)=Nc1cccc(N2CCCC(NC(=O)OC(C)(C)C)C2)n1. The van der Waals surface area contributed by atoms with Gasteiger partial charge in [-0.1, -0.05) is 17.7 Å². The van der Waals surface area contributed by atoms with Crippen LogP contribution in [0.15, 0.2) is 34.3 Å². The van der Waals surface area contributed by atoms with Crippen molar-refractivity contribution in [3.63, 3.8) is 0 Å². The molecular formula is C20H29ClN4O2. The summed E-state index contributed by atoms with van der Waals surface area (Å²) in [7, 11) is 0. The molecule has 1 saturated heterocycles. The van der Waals surface area contributed by atoms with Crippen LogP contribution in [0.1, 0.15) is 47.5 Å². The number of alkyl carbamates (subject to hydrolysis) is 1. The minimum Gasteiger partial charge on any atom is -0.444 e.